The number of hydrogen-bond acceptors (Lipinski definition) is 4. The first-order chi connectivity index (χ1) is 9.63. The molecule has 0 aliphatic rings. The molecule has 0 amide bonds. The van der Waals surface area contributed by atoms with Crippen molar-refractivity contribution >= 4 is 11.6 Å². The number of aromatic hydroxyl groups is 1. The zero-order chi connectivity index (χ0) is 14.1. The minimum absolute atomic E-state index is 0.0143. The van der Waals surface area contributed by atoms with Gasteiger partial charge in [0.25, 0.3) is 5.89 Å². The first kappa shape index (κ1) is 12.6. The van der Waals surface area contributed by atoms with Gasteiger partial charge in [-0.3, -0.25) is 0 Å². The van der Waals surface area contributed by atoms with Crippen LogP contribution < -0.4 is 0 Å². The Balaban J connectivity index is 1.99. The molecule has 1 N–H and O–H groups in total. The molecule has 1 aromatic heterocycles. The highest BCUT2D eigenvalue weighted by Gasteiger charge is 2.12. The van der Waals surface area contributed by atoms with Crippen LogP contribution in [0.2, 0.25) is 5.02 Å². The Hall–Kier alpha value is -2.40. The van der Waals surface area contributed by atoms with Gasteiger partial charge >= 0.3 is 0 Å². The zero-order valence-corrected chi connectivity index (χ0v) is 10.8. The van der Waals surface area contributed by atoms with E-state index >= 15 is 0 Å². The number of nitrogens with zero attached hydrogens (tertiary/aromatic N) is 2. The third-order valence-electron chi connectivity index (χ3n) is 2.70. The lowest BCUT2D eigenvalue weighted by Crippen LogP contribution is -1.82. The van der Waals surface area contributed by atoms with E-state index in [-0.39, 0.29) is 16.7 Å². The summed E-state index contributed by atoms with van der Waals surface area (Å²) in [6, 6.07) is 10.6. The van der Waals surface area contributed by atoms with Crippen molar-refractivity contribution in [2.75, 3.05) is 0 Å². The number of hydrogen-bond donors (Lipinski definition) is 1. The molecule has 4 nitrogen and oxygen atoms in total. The van der Waals surface area contributed by atoms with Crippen LogP contribution in [0.1, 0.15) is 0 Å². The summed E-state index contributed by atoms with van der Waals surface area (Å²) < 4.78 is 18.2. The molecular weight excluding hydrogens is 283 g/mol. The van der Waals surface area contributed by atoms with E-state index in [4.69, 9.17) is 16.1 Å². The second kappa shape index (κ2) is 4.94. The Kier molecular flexibility index (Phi) is 3.12. The lowest BCUT2D eigenvalue weighted by atomic mass is 10.2. The molecule has 100 valence electrons. The van der Waals surface area contributed by atoms with Crippen LogP contribution in [0.15, 0.2) is 47.0 Å². The molecule has 3 rings (SSSR count). The van der Waals surface area contributed by atoms with Crippen molar-refractivity contribution < 1.29 is 14.0 Å². The van der Waals surface area contributed by atoms with E-state index in [1.807, 2.05) is 0 Å². The molecule has 20 heavy (non-hydrogen) atoms. The summed E-state index contributed by atoms with van der Waals surface area (Å²) in [6.45, 7) is 0. The van der Waals surface area contributed by atoms with Gasteiger partial charge in [0.05, 0.1) is 5.02 Å². The number of phenols is 1. The molecule has 2 aromatic carbocycles. The minimum Gasteiger partial charge on any atom is -0.508 e. The van der Waals surface area contributed by atoms with Gasteiger partial charge in [0.15, 0.2) is 0 Å². The molecule has 0 unspecified atom stereocenters. The summed E-state index contributed by atoms with van der Waals surface area (Å²) in [5.74, 6) is 0.156. The van der Waals surface area contributed by atoms with Crippen molar-refractivity contribution in [3.63, 3.8) is 0 Å². The molecule has 0 saturated heterocycles. The van der Waals surface area contributed by atoms with E-state index in [1.54, 1.807) is 18.2 Å². The van der Waals surface area contributed by atoms with Gasteiger partial charge in [0, 0.05) is 11.1 Å². The number of halogens is 2. The maximum absolute atomic E-state index is 13.1. The summed E-state index contributed by atoms with van der Waals surface area (Å²) in [6.07, 6.45) is 0. The van der Waals surface area contributed by atoms with Crippen LogP contribution in [0.5, 0.6) is 5.75 Å². The molecule has 0 fully saturated rings. The minimum atomic E-state index is -0.511. The van der Waals surface area contributed by atoms with Crippen LogP contribution in [0.25, 0.3) is 22.8 Å². The average Bonchev–Trinajstić information content (AvgIpc) is 2.92. The van der Waals surface area contributed by atoms with Gasteiger partial charge in [-0.05, 0) is 30.3 Å². The molecule has 6 heteroatoms. The third kappa shape index (κ3) is 2.35. The summed E-state index contributed by atoms with van der Waals surface area (Å²) in [5, 5.41) is 13.2. The van der Waals surface area contributed by atoms with Crippen LogP contribution in [0, 0.1) is 5.82 Å². The summed E-state index contributed by atoms with van der Waals surface area (Å²) in [5.41, 5.74) is 1.14. The molecule has 3 aromatic rings. The van der Waals surface area contributed by atoms with Crippen molar-refractivity contribution in [1.82, 2.24) is 10.1 Å². The first-order valence-corrected chi connectivity index (χ1v) is 6.10. The monoisotopic (exact) mass is 290 g/mol. The van der Waals surface area contributed by atoms with E-state index in [0.717, 1.165) is 0 Å². The highest BCUT2D eigenvalue weighted by atomic mass is 35.5. The Morgan fingerprint density at radius 3 is 2.70 bits per heavy atom. The predicted molar refractivity (Wildman–Crippen MR) is 71.8 cm³/mol. The first-order valence-electron chi connectivity index (χ1n) is 5.72. The van der Waals surface area contributed by atoms with Gasteiger partial charge in [-0.2, -0.15) is 4.98 Å². The highest BCUT2D eigenvalue weighted by molar-refractivity contribution is 6.31. The quantitative estimate of drug-likeness (QED) is 0.777. The van der Waals surface area contributed by atoms with Gasteiger partial charge in [-0.15, -0.1) is 0 Å². The summed E-state index contributed by atoms with van der Waals surface area (Å²) >= 11 is 5.71. The molecule has 0 spiro atoms. The Morgan fingerprint density at radius 2 is 1.95 bits per heavy atom. The van der Waals surface area contributed by atoms with Crippen molar-refractivity contribution in [2.24, 2.45) is 0 Å². The smallest absolute Gasteiger partial charge is 0.258 e. The van der Waals surface area contributed by atoms with Crippen LogP contribution >= 0.6 is 11.6 Å². The lowest BCUT2D eigenvalue weighted by Gasteiger charge is -1.96. The number of phenolic OH excluding ortho intramolecular Hbond substituents is 1. The van der Waals surface area contributed by atoms with Gasteiger partial charge in [0.1, 0.15) is 11.6 Å². The molecule has 0 bridgehead atoms. The molecule has 1 heterocycles. The number of benzene rings is 2. The van der Waals surface area contributed by atoms with Gasteiger partial charge in [-0.25, -0.2) is 4.39 Å². The van der Waals surface area contributed by atoms with Crippen LogP contribution in [-0.4, -0.2) is 15.2 Å². The highest BCUT2D eigenvalue weighted by Crippen LogP contribution is 2.26. The Bertz CT molecular complexity index is 773. The number of aromatic nitrogens is 2. The third-order valence-corrected chi connectivity index (χ3v) is 2.99. The van der Waals surface area contributed by atoms with E-state index in [2.05, 4.69) is 10.1 Å². The molecule has 0 atom stereocenters. The van der Waals surface area contributed by atoms with E-state index in [0.29, 0.717) is 17.0 Å². The van der Waals surface area contributed by atoms with Crippen molar-refractivity contribution in [3.05, 3.63) is 53.3 Å². The maximum Gasteiger partial charge on any atom is 0.258 e. The fraction of sp³-hybridized carbons (Fsp3) is 0. The van der Waals surface area contributed by atoms with Crippen LogP contribution in [-0.2, 0) is 0 Å². The molecule has 0 saturated carbocycles. The molecule has 0 radical (unpaired) electrons. The number of rotatable bonds is 2. The second-order valence-corrected chi connectivity index (χ2v) is 4.51. The van der Waals surface area contributed by atoms with Crippen molar-refractivity contribution in [1.29, 1.82) is 0 Å². The average molecular weight is 291 g/mol. The van der Waals surface area contributed by atoms with Crippen LogP contribution in [0.4, 0.5) is 4.39 Å². The largest absolute Gasteiger partial charge is 0.508 e. The van der Waals surface area contributed by atoms with Gasteiger partial charge < -0.3 is 9.63 Å². The van der Waals surface area contributed by atoms with Gasteiger partial charge in [-0.1, -0.05) is 28.9 Å². The standard InChI is InChI=1S/C14H8ClFN2O2/c15-11-7-9(4-5-12(11)16)14-17-13(18-20-14)8-2-1-3-10(19)6-8/h1-7,19H. The normalized spacial score (nSPS) is 10.7. The fourth-order valence-corrected chi connectivity index (χ4v) is 1.91. The molecule has 0 aliphatic heterocycles. The summed E-state index contributed by atoms with van der Waals surface area (Å²) in [4.78, 5) is 4.19. The second-order valence-electron chi connectivity index (χ2n) is 4.10. The SMILES string of the molecule is Oc1cccc(-c2noc(-c3ccc(F)c(Cl)c3)n2)c1. The summed E-state index contributed by atoms with van der Waals surface area (Å²) in [7, 11) is 0. The predicted octanol–water partition coefficient (Wildman–Crippen LogP) is 3.90. The van der Waals surface area contributed by atoms with E-state index in [1.165, 1.54) is 24.3 Å². The maximum atomic E-state index is 13.1. The van der Waals surface area contributed by atoms with E-state index in [9.17, 15) is 9.50 Å². The molecule has 0 aliphatic carbocycles. The molecular formula is C14H8ClFN2O2. The van der Waals surface area contributed by atoms with Gasteiger partial charge in [0.2, 0.25) is 5.82 Å². The van der Waals surface area contributed by atoms with E-state index < -0.39 is 5.82 Å². The van der Waals surface area contributed by atoms with Crippen LogP contribution in [0.3, 0.4) is 0 Å². The topological polar surface area (TPSA) is 59.2 Å². The zero-order valence-electron chi connectivity index (χ0n) is 10.0. The Labute approximate surface area is 118 Å². The van der Waals surface area contributed by atoms with Crippen molar-refractivity contribution in [3.8, 4) is 28.6 Å². The lowest BCUT2D eigenvalue weighted by molar-refractivity contribution is 0.432. The Morgan fingerprint density at radius 1 is 1.10 bits per heavy atom. The van der Waals surface area contributed by atoms with Crippen molar-refractivity contribution in [2.45, 2.75) is 0 Å². The fourth-order valence-electron chi connectivity index (χ4n) is 1.73.